The first-order chi connectivity index (χ1) is 8.88. The lowest BCUT2D eigenvalue weighted by atomic mass is 10.2. The molecule has 0 N–H and O–H groups in total. The molecule has 6 nitrogen and oxygen atoms in total. The predicted octanol–water partition coefficient (Wildman–Crippen LogP) is 1.92. The molecule has 2 rings (SSSR count). The molecule has 1 amide bonds. The summed E-state index contributed by atoms with van der Waals surface area (Å²) >= 11 is 0. The number of likely N-dealkylation sites (tertiary alicyclic amines) is 1. The van der Waals surface area contributed by atoms with Crippen LogP contribution in [0, 0.1) is 0 Å². The Balaban J connectivity index is 2.09. The molecule has 0 aliphatic carbocycles. The summed E-state index contributed by atoms with van der Waals surface area (Å²) < 4.78 is 6.74. The van der Waals surface area contributed by atoms with Crippen LogP contribution in [0.2, 0.25) is 0 Å². The van der Waals surface area contributed by atoms with Gasteiger partial charge in [0.1, 0.15) is 18.0 Å². The van der Waals surface area contributed by atoms with Gasteiger partial charge in [-0.1, -0.05) is 0 Å². The zero-order valence-electron chi connectivity index (χ0n) is 11.5. The lowest BCUT2D eigenvalue weighted by Gasteiger charge is -2.27. The van der Waals surface area contributed by atoms with E-state index in [0.717, 1.165) is 6.42 Å². The van der Waals surface area contributed by atoms with Crippen LogP contribution in [-0.4, -0.2) is 44.6 Å². The molecule has 2 heterocycles. The molecule has 1 aliphatic rings. The van der Waals surface area contributed by atoms with E-state index >= 15 is 0 Å². The number of nitrogens with zero attached hydrogens (tertiary/aromatic N) is 3. The maximum Gasteiger partial charge on any atom is 0.410 e. The normalized spacial score (nSPS) is 19.5. The summed E-state index contributed by atoms with van der Waals surface area (Å²) in [4.78, 5) is 29.7. The van der Waals surface area contributed by atoms with Crippen molar-refractivity contribution in [3.8, 4) is 0 Å². The summed E-state index contributed by atoms with van der Waals surface area (Å²) in [5.41, 5.74) is -0.553. The summed E-state index contributed by atoms with van der Waals surface area (Å²) in [6.45, 7) is 6.00. The van der Waals surface area contributed by atoms with E-state index in [1.807, 2.05) is 20.8 Å². The van der Waals surface area contributed by atoms with Gasteiger partial charge in [0.15, 0.2) is 0 Å². The number of carbonyl (C=O) groups excluding carboxylic acids is 2. The number of carbonyl (C=O) groups is 2. The fraction of sp³-hybridized carbons (Fsp3) is 0.615. The first kappa shape index (κ1) is 13.6. The quantitative estimate of drug-likeness (QED) is 0.778. The lowest BCUT2D eigenvalue weighted by Crippen LogP contribution is -2.44. The molecule has 1 fully saturated rings. The highest BCUT2D eigenvalue weighted by Gasteiger charge is 2.37. The number of hydrogen-bond acceptors (Lipinski definition) is 4. The van der Waals surface area contributed by atoms with Crippen LogP contribution < -0.4 is 0 Å². The van der Waals surface area contributed by atoms with E-state index in [0.29, 0.717) is 13.0 Å². The predicted molar refractivity (Wildman–Crippen MR) is 68.8 cm³/mol. The summed E-state index contributed by atoms with van der Waals surface area (Å²) in [6.07, 6.45) is 5.64. The van der Waals surface area contributed by atoms with Crippen molar-refractivity contribution in [2.45, 2.75) is 45.3 Å². The Morgan fingerprint density at radius 3 is 2.68 bits per heavy atom. The highest BCUT2D eigenvalue weighted by molar-refractivity contribution is 5.88. The molecule has 1 aromatic rings. The third-order valence-corrected chi connectivity index (χ3v) is 2.92. The van der Waals surface area contributed by atoms with Crippen LogP contribution in [0.25, 0.3) is 0 Å². The SMILES string of the molecule is CC(C)(C)OC(=O)N1CCCC1C(=O)n1ccnc1. The molecule has 0 saturated carbocycles. The molecule has 0 spiro atoms. The van der Waals surface area contributed by atoms with Crippen molar-refractivity contribution in [1.82, 2.24) is 14.5 Å². The van der Waals surface area contributed by atoms with Crippen LogP contribution in [0.3, 0.4) is 0 Å². The first-order valence-electron chi connectivity index (χ1n) is 6.40. The summed E-state index contributed by atoms with van der Waals surface area (Å²) in [7, 11) is 0. The van der Waals surface area contributed by atoms with Gasteiger partial charge in [0.05, 0.1) is 0 Å². The van der Waals surface area contributed by atoms with Crippen LogP contribution in [0.5, 0.6) is 0 Å². The third-order valence-electron chi connectivity index (χ3n) is 2.92. The van der Waals surface area contributed by atoms with Gasteiger partial charge in [-0.3, -0.25) is 14.3 Å². The zero-order valence-corrected chi connectivity index (χ0v) is 11.5. The minimum atomic E-state index is -0.553. The van der Waals surface area contributed by atoms with Gasteiger partial charge in [0.25, 0.3) is 5.91 Å². The molecule has 1 aliphatic heterocycles. The summed E-state index contributed by atoms with van der Waals surface area (Å²) in [5, 5.41) is 0. The molecule has 6 heteroatoms. The average Bonchev–Trinajstić information content (AvgIpc) is 2.97. The number of amides is 1. The molecule has 104 valence electrons. The molecule has 1 atom stereocenters. The van der Waals surface area contributed by atoms with Crippen LogP contribution in [0.1, 0.15) is 38.4 Å². The second-order valence-corrected chi connectivity index (χ2v) is 5.64. The Labute approximate surface area is 112 Å². The van der Waals surface area contributed by atoms with Crippen molar-refractivity contribution in [3.05, 3.63) is 18.7 Å². The minimum Gasteiger partial charge on any atom is -0.444 e. The third kappa shape index (κ3) is 3.13. The Morgan fingerprint density at radius 2 is 2.11 bits per heavy atom. The Morgan fingerprint density at radius 1 is 1.37 bits per heavy atom. The number of imidazole rings is 1. The van der Waals surface area contributed by atoms with E-state index in [-0.39, 0.29) is 5.91 Å². The van der Waals surface area contributed by atoms with Gasteiger partial charge in [-0.15, -0.1) is 0 Å². The van der Waals surface area contributed by atoms with Crippen molar-refractivity contribution in [1.29, 1.82) is 0 Å². The van der Waals surface area contributed by atoms with Crippen LogP contribution in [0.15, 0.2) is 18.7 Å². The number of ether oxygens (including phenoxy) is 1. The van der Waals surface area contributed by atoms with E-state index in [2.05, 4.69) is 4.98 Å². The lowest BCUT2D eigenvalue weighted by molar-refractivity contribution is 0.0210. The second-order valence-electron chi connectivity index (χ2n) is 5.64. The van der Waals surface area contributed by atoms with Gasteiger partial charge >= 0.3 is 6.09 Å². The highest BCUT2D eigenvalue weighted by Crippen LogP contribution is 2.22. The van der Waals surface area contributed by atoms with Gasteiger partial charge in [-0.25, -0.2) is 9.78 Å². The number of hydrogen-bond donors (Lipinski definition) is 0. The zero-order chi connectivity index (χ0) is 14.0. The van der Waals surface area contributed by atoms with Crippen molar-refractivity contribution in [3.63, 3.8) is 0 Å². The topological polar surface area (TPSA) is 64.4 Å². The maximum atomic E-state index is 12.3. The van der Waals surface area contributed by atoms with Crippen molar-refractivity contribution >= 4 is 12.0 Å². The molecule has 1 saturated heterocycles. The van der Waals surface area contributed by atoms with Crippen LogP contribution >= 0.6 is 0 Å². The Hall–Kier alpha value is -1.85. The molecule has 0 aromatic carbocycles. The summed E-state index contributed by atoms with van der Waals surface area (Å²) in [5.74, 6) is -0.138. The molecule has 0 radical (unpaired) electrons. The maximum absolute atomic E-state index is 12.3. The van der Waals surface area contributed by atoms with E-state index < -0.39 is 17.7 Å². The molecule has 0 bridgehead atoms. The highest BCUT2D eigenvalue weighted by atomic mass is 16.6. The van der Waals surface area contributed by atoms with Gasteiger partial charge < -0.3 is 4.74 Å². The monoisotopic (exact) mass is 265 g/mol. The second kappa shape index (κ2) is 5.03. The van der Waals surface area contributed by atoms with Crippen LogP contribution in [-0.2, 0) is 4.74 Å². The van der Waals surface area contributed by atoms with Gasteiger partial charge in [0.2, 0.25) is 0 Å². The molecule has 1 unspecified atom stereocenters. The molecule has 19 heavy (non-hydrogen) atoms. The van der Waals surface area contributed by atoms with E-state index in [9.17, 15) is 9.59 Å². The largest absolute Gasteiger partial charge is 0.444 e. The van der Waals surface area contributed by atoms with E-state index in [1.165, 1.54) is 15.8 Å². The fourth-order valence-electron chi connectivity index (χ4n) is 2.12. The van der Waals surface area contributed by atoms with Gasteiger partial charge in [0, 0.05) is 18.9 Å². The average molecular weight is 265 g/mol. The van der Waals surface area contributed by atoms with Crippen LogP contribution in [0.4, 0.5) is 4.79 Å². The van der Waals surface area contributed by atoms with Crippen molar-refractivity contribution in [2.24, 2.45) is 0 Å². The molecular weight excluding hydrogens is 246 g/mol. The van der Waals surface area contributed by atoms with Gasteiger partial charge in [-0.05, 0) is 33.6 Å². The molecular formula is C13H19N3O3. The Bertz CT molecular complexity index is 462. The van der Waals surface area contributed by atoms with Crippen molar-refractivity contribution < 1.29 is 14.3 Å². The standard InChI is InChI=1S/C13H19N3O3/c1-13(2,3)19-12(18)16-7-4-5-10(16)11(17)15-8-6-14-9-15/h6,8-10H,4-5,7H2,1-3H3. The summed E-state index contributed by atoms with van der Waals surface area (Å²) in [6, 6.07) is -0.455. The first-order valence-corrected chi connectivity index (χ1v) is 6.40. The fourth-order valence-corrected chi connectivity index (χ4v) is 2.12. The van der Waals surface area contributed by atoms with E-state index in [4.69, 9.17) is 4.74 Å². The van der Waals surface area contributed by atoms with Gasteiger partial charge in [-0.2, -0.15) is 0 Å². The van der Waals surface area contributed by atoms with Crippen molar-refractivity contribution in [2.75, 3.05) is 6.54 Å². The molecule has 1 aromatic heterocycles. The minimum absolute atomic E-state index is 0.138. The smallest absolute Gasteiger partial charge is 0.410 e. The number of rotatable bonds is 1. The Kier molecular flexibility index (Phi) is 3.59. The van der Waals surface area contributed by atoms with E-state index in [1.54, 1.807) is 12.4 Å². The number of aromatic nitrogens is 2.